The molecule has 0 aliphatic carbocycles. The highest BCUT2D eigenvalue weighted by atomic mass is 32.2. The number of hydrogen-bond donors (Lipinski definition) is 1. The number of aromatic nitrogens is 4. The first-order valence-corrected chi connectivity index (χ1v) is 7.60. The van der Waals surface area contributed by atoms with Crippen molar-refractivity contribution in [3.05, 3.63) is 29.8 Å². The van der Waals surface area contributed by atoms with E-state index in [0.717, 1.165) is 29.4 Å². The van der Waals surface area contributed by atoms with Gasteiger partial charge in [0, 0.05) is 32.1 Å². The molecule has 0 aliphatic heterocycles. The van der Waals surface area contributed by atoms with Gasteiger partial charge in [0.15, 0.2) is 11.0 Å². The molecule has 2 heterocycles. The van der Waals surface area contributed by atoms with Gasteiger partial charge >= 0.3 is 0 Å². The highest BCUT2D eigenvalue weighted by molar-refractivity contribution is 7.99. The van der Waals surface area contributed by atoms with Crippen LogP contribution in [0.5, 0.6) is 0 Å². The van der Waals surface area contributed by atoms with E-state index < -0.39 is 0 Å². The van der Waals surface area contributed by atoms with E-state index in [1.165, 1.54) is 11.8 Å². The van der Waals surface area contributed by atoms with Gasteiger partial charge in [-0.05, 0) is 30.7 Å². The smallest absolute Gasteiger partial charge is 0.193 e. The van der Waals surface area contributed by atoms with Crippen molar-refractivity contribution in [3.63, 3.8) is 0 Å². The molecule has 0 spiro atoms. The highest BCUT2D eigenvalue weighted by Gasteiger charge is 2.07. The number of hydrogen-bond acceptors (Lipinski definition) is 7. The molecular weight excluding hydrogens is 286 g/mol. The van der Waals surface area contributed by atoms with Crippen LogP contribution in [0.1, 0.15) is 24.7 Å². The van der Waals surface area contributed by atoms with Gasteiger partial charge in [-0.2, -0.15) is 0 Å². The molecule has 112 valence electrons. The van der Waals surface area contributed by atoms with E-state index in [2.05, 4.69) is 32.2 Å². The van der Waals surface area contributed by atoms with Gasteiger partial charge in [0.25, 0.3) is 0 Å². The van der Waals surface area contributed by atoms with E-state index >= 15 is 0 Å². The van der Waals surface area contributed by atoms with Crippen LogP contribution in [0.15, 0.2) is 28.6 Å². The van der Waals surface area contributed by atoms with Gasteiger partial charge in [0.05, 0.1) is 0 Å². The largest absolute Gasteiger partial charge is 0.377 e. The third kappa shape index (κ3) is 4.95. The lowest BCUT2D eigenvalue weighted by Gasteiger charge is -2.08. The first-order chi connectivity index (χ1) is 10.2. The molecule has 0 saturated heterocycles. The molecule has 2 aromatic heterocycles. The SMILES string of the molecule is CCCNc1cc(Sc2ncc(C)cn2)nc(COC)n1. The standard InChI is InChI=1S/C14H19N5OS/c1-4-5-15-11-6-13(19-12(18-11)9-20-3)21-14-16-7-10(2)8-17-14/h6-8H,4-5,9H2,1-3H3,(H,15,18,19). The van der Waals surface area contributed by atoms with Crippen LogP contribution in [0.3, 0.4) is 0 Å². The van der Waals surface area contributed by atoms with Crippen LogP contribution >= 0.6 is 11.8 Å². The second kappa shape index (κ2) is 7.90. The van der Waals surface area contributed by atoms with Crippen LogP contribution in [-0.2, 0) is 11.3 Å². The molecule has 2 aromatic rings. The molecule has 0 unspecified atom stereocenters. The van der Waals surface area contributed by atoms with Crippen LogP contribution in [0, 0.1) is 6.92 Å². The molecule has 21 heavy (non-hydrogen) atoms. The van der Waals surface area contributed by atoms with Crippen molar-refractivity contribution in [2.75, 3.05) is 19.0 Å². The summed E-state index contributed by atoms with van der Waals surface area (Å²) in [5, 5.41) is 4.74. The van der Waals surface area contributed by atoms with E-state index in [1.807, 2.05) is 13.0 Å². The Hall–Kier alpha value is -1.73. The normalized spacial score (nSPS) is 10.6. The fraction of sp³-hybridized carbons (Fsp3) is 0.429. The maximum Gasteiger partial charge on any atom is 0.193 e. The summed E-state index contributed by atoms with van der Waals surface area (Å²) in [6, 6.07) is 1.91. The average molecular weight is 305 g/mol. The molecule has 0 radical (unpaired) electrons. The van der Waals surface area contributed by atoms with Crippen LogP contribution in [-0.4, -0.2) is 33.6 Å². The molecule has 0 fully saturated rings. The summed E-state index contributed by atoms with van der Waals surface area (Å²) in [7, 11) is 1.63. The second-order valence-electron chi connectivity index (χ2n) is 4.51. The maximum atomic E-state index is 5.12. The lowest BCUT2D eigenvalue weighted by atomic mass is 10.4. The predicted octanol–water partition coefficient (Wildman–Crippen LogP) is 2.69. The van der Waals surface area contributed by atoms with Crippen molar-refractivity contribution in [3.8, 4) is 0 Å². The van der Waals surface area contributed by atoms with Gasteiger partial charge in [-0.1, -0.05) is 6.92 Å². The zero-order valence-corrected chi connectivity index (χ0v) is 13.3. The molecule has 0 atom stereocenters. The lowest BCUT2D eigenvalue weighted by molar-refractivity contribution is 0.177. The number of nitrogens with zero attached hydrogens (tertiary/aromatic N) is 4. The molecule has 2 rings (SSSR count). The number of anilines is 1. The van der Waals surface area contributed by atoms with Crippen LogP contribution in [0.2, 0.25) is 0 Å². The summed E-state index contributed by atoms with van der Waals surface area (Å²) in [6.45, 7) is 5.32. The van der Waals surface area contributed by atoms with Gasteiger partial charge in [0.2, 0.25) is 0 Å². The number of rotatable bonds is 7. The second-order valence-corrected chi connectivity index (χ2v) is 5.50. The zero-order valence-electron chi connectivity index (χ0n) is 12.5. The molecule has 7 heteroatoms. The van der Waals surface area contributed by atoms with Crippen LogP contribution in [0.4, 0.5) is 5.82 Å². The molecule has 6 nitrogen and oxygen atoms in total. The number of aryl methyl sites for hydroxylation is 1. The summed E-state index contributed by atoms with van der Waals surface area (Å²) in [5.41, 5.74) is 1.03. The Labute approximate surface area is 128 Å². The average Bonchev–Trinajstić information content (AvgIpc) is 2.48. The van der Waals surface area contributed by atoms with Crippen molar-refractivity contribution < 1.29 is 4.74 Å². The summed E-state index contributed by atoms with van der Waals surface area (Å²) >= 11 is 1.42. The van der Waals surface area contributed by atoms with Crippen molar-refractivity contribution in [2.24, 2.45) is 0 Å². The summed E-state index contributed by atoms with van der Waals surface area (Å²) < 4.78 is 5.12. The molecule has 1 N–H and O–H groups in total. The molecule has 0 aliphatic rings. The summed E-state index contributed by atoms with van der Waals surface area (Å²) in [5.74, 6) is 1.45. The summed E-state index contributed by atoms with van der Waals surface area (Å²) in [6.07, 6.45) is 4.62. The number of ether oxygens (including phenoxy) is 1. The molecule has 0 bridgehead atoms. The van der Waals surface area contributed by atoms with Gasteiger partial charge in [-0.15, -0.1) is 0 Å². The fourth-order valence-electron chi connectivity index (χ4n) is 1.59. The Bertz CT molecular complexity index is 576. The van der Waals surface area contributed by atoms with E-state index in [4.69, 9.17) is 4.74 Å². The minimum absolute atomic E-state index is 0.379. The van der Waals surface area contributed by atoms with Gasteiger partial charge in [-0.3, -0.25) is 0 Å². The first-order valence-electron chi connectivity index (χ1n) is 6.78. The third-order valence-electron chi connectivity index (χ3n) is 2.53. The third-order valence-corrected chi connectivity index (χ3v) is 3.34. The van der Waals surface area contributed by atoms with Crippen molar-refractivity contribution in [1.82, 2.24) is 19.9 Å². The van der Waals surface area contributed by atoms with Gasteiger partial charge < -0.3 is 10.1 Å². The predicted molar refractivity (Wildman–Crippen MR) is 82.4 cm³/mol. The molecule has 0 saturated carbocycles. The topological polar surface area (TPSA) is 72.8 Å². The van der Waals surface area contributed by atoms with Crippen LogP contribution in [0.25, 0.3) is 0 Å². The molecule has 0 aromatic carbocycles. The Morgan fingerprint density at radius 2 is 2.00 bits per heavy atom. The van der Waals surface area contributed by atoms with E-state index in [0.29, 0.717) is 17.6 Å². The van der Waals surface area contributed by atoms with Gasteiger partial charge in [-0.25, -0.2) is 19.9 Å². The van der Waals surface area contributed by atoms with E-state index in [9.17, 15) is 0 Å². The highest BCUT2D eigenvalue weighted by Crippen LogP contribution is 2.24. The van der Waals surface area contributed by atoms with E-state index in [1.54, 1.807) is 19.5 Å². The van der Waals surface area contributed by atoms with Crippen molar-refractivity contribution in [1.29, 1.82) is 0 Å². The summed E-state index contributed by atoms with van der Waals surface area (Å²) in [4.78, 5) is 17.4. The monoisotopic (exact) mass is 305 g/mol. The Balaban J connectivity index is 2.19. The zero-order chi connectivity index (χ0) is 15.1. The van der Waals surface area contributed by atoms with Crippen molar-refractivity contribution >= 4 is 17.6 Å². The number of nitrogens with one attached hydrogen (secondary N) is 1. The van der Waals surface area contributed by atoms with Gasteiger partial charge in [0.1, 0.15) is 17.5 Å². The quantitative estimate of drug-likeness (QED) is 0.622. The molecule has 0 amide bonds. The fourth-order valence-corrected chi connectivity index (χ4v) is 2.31. The Morgan fingerprint density at radius 1 is 1.24 bits per heavy atom. The number of methoxy groups -OCH3 is 1. The Morgan fingerprint density at radius 3 is 2.67 bits per heavy atom. The van der Waals surface area contributed by atoms with Crippen LogP contribution < -0.4 is 5.32 Å². The maximum absolute atomic E-state index is 5.12. The van der Waals surface area contributed by atoms with Crippen molar-refractivity contribution in [2.45, 2.75) is 37.1 Å². The lowest BCUT2D eigenvalue weighted by Crippen LogP contribution is -2.06. The minimum Gasteiger partial charge on any atom is -0.377 e. The molecular formula is C14H19N5OS. The van der Waals surface area contributed by atoms with E-state index in [-0.39, 0.29) is 0 Å². The first kappa shape index (κ1) is 15.7. The minimum atomic E-state index is 0.379. The Kier molecular flexibility index (Phi) is 5.89.